The average molecular weight is 665 g/mol. The van der Waals surface area contributed by atoms with Crippen LogP contribution in [0.25, 0.3) is 0 Å². The smallest absolute Gasteiger partial charge is 0.335 e. The number of aliphatic carboxylic acids is 1. The van der Waals surface area contributed by atoms with E-state index in [0.29, 0.717) is 0 Å². The monoisotopic (exact) mass is 664 g/mol. The molecule has 4 aliphatic rings. The van der Waals surface area contributed by atoms with E-state index in [1.54, 1.807) is 0 Å². The Labute approximate surface area is 253 Å². The lowest BCUT2D eigenvalue weighted by molar-refractivity contribution is -0.402. The Bertz CT molecular complexity index is 975. The first kappa shape index (κ1) is 36.5. The number of hydrogen-bond donors (Lipinski definition) is 13. The van der Waals surface area contributed by atoms with Crippen molar-refractivity contribution in [1.82, 2.24) is 0 Å². The van der Waals surface area contributed by atoms with Crippen molar-refractivity contribution in [3.05, 3.63) is 0 Å². The van der Waals surface area contributed by atoms with Gasteiger partial charge in [0.1, 0.15) is 85.5 Å². The Morgan fingerprint density at radius 3 is 1.64 bits per heavy atom. The number of rotatable bonds is 9. The minimum absolute atomic E-state index is 0.812. The highest BCUT2D eigenvalue weighted by atomic mass is 16.8. The van der Waals surface area contributed by atoms with Gasteiger partial charge in [-0.25, -0.2) is 4.79 Å². The molecule has 4 saturated heterocycles. The van der Waals surface area contributed by atoms with Gasteiger partial charge >= 0.3 is 5.97 Å². The Morgan fingerprint density at radius 2 is 1.07 bits per heavy atom. The van der Waals surface area contributed by atoms with E-state index in [2.05, 4.69) is 0 Å². The summed E-state index contributed by atoms with van der Waals surface area (Å²) in [6, 6.07) is 0. The summed E-state index contributed by atoms with van der Waals surface area (Å²) in [5.74, 6) is -1.77. The summed E-state index contributed by atoms with van der Waals surface area (Å²) in [4.78, 5) is 11.6. The molecular formula is C24H40O21. The van der Waals surface area contributed by atoms with Crippen molar-refractivity contribution >= 4 is 5.97 Å². The molecular weight excluding hydrogens is 624 g/mol. The fourth-order valence-corrected chi connectivity index (χ4v) is 5.44. The van der Waals surface area contributed by atoms with Crippen LogP contribution in [0.2, 0.25) is 0 Å². The molecule has 4 heterocycles. The van der Waals surface area contributed by atoms with Crippen LogP contribution in [-0.2, 0) is 38.0 Å². The van der Waals surface area contributed by atoms with Gasteiger partial charge in [0.05, 0.1) is 19.3 Å². The topological polar surface area (TPSA) is 345 Å². The molecule has 0 radical (unpaired) electrons. The molecule has 21 heteroatoms. The molecule has 0 aromatic rings. The zero-order valence-corrected chi connectivity index (χ0v) is 23.5. The maximum absolute atomic E-state index is 11.6. The van der Waals surface area contributed by atoms with Gasteiger partial charge in [-0.15, -0.1) is 0 Å². The van der Waals surface area contributed by atoms with Gasteiger partial charge in [0.25, 0.3) is 0 Å². The van der Waals surface area contributed by atoms with Crippen molar-refractivity contribution in [3.63, 3.8) is 0 Å². The zero-order chi connectivity index (χ0) is 33.5. The number of carboxylic acid groups (broad SMARTS) is 1. The van der Waals surface area contributed by atoms with Crippen molar-refractivity contribution in [2.24, 2.45) is 0 Å². The summed E-state index contributed by atoms with van der Waals surface area (Å²) >= 11 is 0. The molecule has 0 amide bonds. The molecule has 0 aliphatic carbocycles. The van der Waals surface area contributed by atoms with Gasteiger partial charge in [-0.3, -0.25) is 0 Å². The summed E-state index contributed by atoms with van der Waals surface area (Å²) in [6.07, 6.45) is -37.4. The third kappa shape index (κ3) is 7.26. The summed E-state index contributed by atoms with van der Waals surface area (Å²) < 4.78 is 38.0. The third-order valence-corrected chi connectivity index (χ3v) is 8.13. The van der Waals surface area contributed by atoms with Crippen molar-refractivity contribution in [2.45, 2.75) is 130 Å². The number of ether oxygens (including phenoxy) is 7. The van der Waals surface area contributed by atoms with Crippen LogP contribution >= 0.6 is 0 Å². The Kier molecular flexibility index (Phi) is 12.1. The van der Waals surface area contributed by atoms with E-state index in [1.807, 2.05) is 0 Å². The van der Waals surface area contributed by atoms with E-state index in [4.69, 9.17) is 33.2 Å². The van der Waals surface area contributed by atoms with Crippen molar-refractivity contribution < 1.29 is 104 Å². The lowest BCUT2D eigenvalue weighted by atomic mass is 9.95. The van der Waals surface area contributed by atoms with E-state index in [1.165, 1.54) is 6.92 Å². The normalized spacial score (nSPS) is 52.8. The van der Waals surface area contributed by atoms with Crippen LogP contribution < -0.4 is 0 Å². The molecule has 4 aliphatic heterocycles. The maximum Gasteiger partial charge on any atom is 0.335 e. The van der Waals surface area contributed by atoms with E-state index in [0.717, 1.165) is 0 Å². The van der Waals surface area contributed by atoms with Crippen molar-refractivity contribution in [3.8, 4) is 0 Å². The fraction of sp³-hybridized carbons (Fsp3) is 0.958. The summed E-state index contributed by atoms with van der Waals surface area (Å²) in [5.41, 5.74) is 0. The Hall–Kier alpha value is -1.29. The van der Waals surface area contributed by atoms with Gasteiger partial charge in [-0.1, -0.05) is 0 Å². The molecule has 4 fully saturated rings. The summed E-state index contributed by atoms with van der Waals surface area (Å²) in [7, 11) is 0. The molecule has 0 spiro atoms. The highest BCUT2D eigenvalue weighted by molar-refractivity contribution is 5.73. The minimum atomic E-state index is -2.15. The molecule has 21 nitrogen and oxygen atoms in total. The van der Waals surface area contributed by atoms with Crippen LogP contribution in [0.1, 0.15) is 6.92 Å². The van der Waals surface area contributed by atoms with Crippen LogP contribution in [0.5, 0.6) is 0 Å². The predicted molar refractivity (Wildman–Crippen MR) is 133 cm³/mol. The number of hydrogen-bond acceptors (Lipinski definition) is 20. The van der Waals surface area contributed by atoms with E-state index < -0.39 is 142 Å². The van der Waals surface area contributed by atoms with E-state index in [-0.39, 0.29) is 0 Å². The number of carbonyl (C=O) groups is 1. The molecule has 1 unspecified atom stereocenters. The molecule has 262 valence electrons. The average Bonchev–Trinajstić information content (AvgIpc) is 3.00. The lowest BCUT2D eigenvalue weighted by Gasteiger charge is -2.49. The van der Waals surface area contributed by atoms with Crippen LogP contribution in [0.4, 0.5) is 0 Å². The van der Waals surface area contributed by atoms with Crippen LogP contribution in [0.3, 0.4) is 0 Å². The molecule has 45 heavy (non-hydrogen) atoms. The van der Waals surface area contributed by atoms with Gasteiger partial charge in [0.2, 0.25) is 0 Å². The highest BCUT2D eigenvalue weighted by Crippen LogP contribution is 2.35. The van der Waals surface area contributed by atoms with Gasteiger partial charge in [0.15, 0.2) is 31.3 Å². The number of aliphatic hydroxyl groups excluding tert-OH is 12. The van der Waals surface area contributed by atoms with Crippen molar-refractivity contribution in [1.29, 1.82) is 0 Å². The van der Waals surface area contributed by atoms with Crippen LogP contribution in [0.15, 0.2) is 0 Å². The first-order valence-electron chi connectivity index (χ1n) is 14.0. The second-order valence-electron chi connectivity index (χ2n) is 11.2. The predicted octanol–water partition coefficient (Wildman–Crippen LogP) is -8.63. The quantitative estimate of drug-likeness (QED) is 0.109. The molecule has 4 rings (SSSR count). The standard InChI is InChI=1S/C24H40O21/c1-4-7(27)9(29)13(33)22(39-4)42-16-6(3-26)41-24(44-18-11(31)8(28)5(2-25)40-21(18)38)19(15(16)35)45-23-14(34)10(30)12(32)17(43-23)20(36)37/h4-19,21-35,38H,2-3H2,1H3,(H,36,37)/t4-,5+,6+,7-,8+,9+,10-,11-,12-,13+,14+,15-,16+,17-,18-,19-,21?,22-,23+,24+/m0/s1. The molecule has 0 aromatic carbocycles. The van der Waals surface area contributed by atoms with Gasteiger partial charge in [0, 0.05) is 0 Å². The largest absolute Gasteiger partial charge is 0.479 e. The second-order valence-corrected chi connectivity index (χ2v) is 11.2. The van der Waals surface area contributed by atoms with Crippen LogP contribution in [0, 0.1) is 0 Å². The van der Waals surface area contributed by atoms with Gasteiger partial charge in [-0.2, -0.15) is 0 Å². The molecule has 0 aromatic heterocycles. The second kappa shape index (κ2) is 14.9. The van der Waals surface area contributed by atoms with Gasteiger partial charge < -0.3 is 99.5 Å². The SMILES string of the molecule is C[C@@H]1O[C@@H](O[C@H]2[C@H](O)[C@H](O[C@H]3O[C@H](C(=O)O)[C@@H](O)[C@H](O)[C@H]3O)[C@@H](O[C@@H]3C(O)O[C@H](CO)[C@@H](O)[C@@H]3O)O[C@@H]2CO)[C@H](O)[C@H](O)[C@H]1O. The summed E-state index contributed by atoms with van der Waals surface area (Å²) in [5, 5.41) is 133. The third-order valence-electron chi connectivity index (χ3n) is 8.13. The van der Waals surface area contributed by atoms with E-state index >= 15 is 0 Å². The number of carboxylic acids is 1. The van der Waals surface area contributed by atoms with Gasteiger partial charge in [-0.05, 0) is 6.92 Å². The first-order chi connectivity index (χ1) is 21.1. The van der Waals surface area contributed by atoms with E-state index in [9.17, 15) is 71.2 Å². The zero-order valence-electron chi connectivity index (χ0n) is 23.5. The molecule has 0 saturated carbocycles. The molecule has 0 bridgehead atoms. The molecule has 20 atom stereocenters. The summed E-state index contributed by atoms with van der Waals surface area (Å²) in [6.45, 7) is -0.427. The maximum atomic E-state index is 11.6. The van der Waals surface area contributed by atoms with Crippen molar-refractivity contribution in [2.75, 3.05) is 13.2 Å². The minimum Gasteiger partial charge on any atom is -0.479 e. The number of aliphatic hydroxyl groups is 12. The highest BCUT2D eigenvalue weighted by Gasteiger charge is 2.56. The van der Waals surface area contributed by atoms with Crippen LogP contribution in [-0.4, -0.2) is 208 Å². The fourth-order valence-electron chi connectivity index (χ4n) is 5.44. The lowest BCUT2D eigenvalue weighted by Crippen LogP contribution is -2.68. The first-order valence-corrected chi connectivity index (χ1v) is 14.0. The molecule has 13 N–H and O–H groups in total. The Balaban J connectivity index is 1.64. The Morgan fingerprint density at radius 1 is 0.533 bits per heavy atom.